The van der Waals surface area contributed by atoms with Crippen molar-refractivity contribution in [3.05, 3.63) is 120 Å². The van der Waals surface area contributed by atoms with Gasteiger partial charge in [-0.25, -0.2) is 4.98 Å². The van der Waals surface area contributed by atoms with Gasteiger partial charge in [0.05, 0.1) is 31.7 Å². The van der Waals surface area contributed by atoms with Crippen LogP contribution in [0.3, 0.4) is 0 Å². The highest BCUT2D eigenvalue weighted by Gasteiger charge is 2.44. The van der Waals surface area contributed by atoms with Crippen molar-refractivity contribution in [1.82, 2.24) is 98.0 Å². The lowest BCUT2D eigenvalue weighted by molar-refractivity contribution is -0.149. The number of nitrogens with two attached hydrogens (primary N) is 3. The highest BCUT2D eigenvalue weighted by Crippen LogP contribution is 2.26. The number of fused-ring (bicyclic) bond motifs is 3. The zero-order valence-electron chi connectivity index (χ0n) is 74.9. The number of hydrogen-bond donors (Lipinski definition) is 19. The first-order valence-corrected chi connectivity index (χ1v) is 44.8. The number of phenolic OH excluding ortho intramolecular Hbond substituents is 1. The Hall–Kier alpha value is -13.5. The maximum absolute atomic E-state index is 15.7. The van der Waals surface area contributed by atoms with E-state index in [2.05, 4.69) is 78.4 Å². The van der Waals surface area contributed by atoms with E-state index in [-0.39, 0.29) is 81.7 Å². The van der Waals surface area contributed by atoms with Crippen molar-refractivity contribution in [1.29, 1.82) is 0 Å². The average molecular weight is 1840 g/mol. The summed E-state index contributed by atoms with van der Waals surface area (Å²) in [6.07, 6.45) is 4.60. The number of amides is 18. The molecule has 0 spiro atoms. The molecular weight excluding hydrogens is 1720 g/mol. The van der Waals surface area contributed by atoms with E-state index in [0.717, 1.165) is 26.5 Å². The molecule has 3 aromatic heterocycles. The molecule has 8 rings (SSSR count). The van der Waals surface area contributed by atoms with Crippen LogP contribution in [0.5, 0.6) is 5.75 Å². The molecule has 2 aliphatic rings. The van der Waals surface area contributed by atoms with Gasteiger partial charge in [0.15, 0.2) is 0 Å². The monoisotopic (exact) mass is 1840 g/mol. The van der Waals surface area contributed by atoms with E-state index >= 15 is 24.0 Å². The number of unbranched alkanes of at least 4 members (excludes halogenated alkanes) is 2. The zero-order chi connectivity index (χ0) is 96.0. The number of aliphatic hydroxyl groups is 1. The summed E-state index contributed by atoms with van der Waals surface area (Å²) in [4.78, 5) is 277. The van der Waals surface area contributed by atoms with Crippen molar-refractivity contribution in [3.8, 4) is 5.75 Å². The molecule has 0 radical (unpaired) electrons. The zero-order valence-corrected chi connectivity index (χ0v) is 75.7. The second kappa shape index (κ2) is 49.3. The summed E-state index contributed by atoms with van der Waals surface area (Å²) in [6, 6.07) is -2.33. The summed E-state index contributed by atoms with van der Waals surface area (Å²) in [5.41, 5.74) is 19.6. The highest BCUT2D eigenvalue weighted by atomic mass is 32.2. The Bertz CT molecular complexity index is 5060. The number of phenols is 1. The summed E-state index contributed by atoms with van der Waals surface area (Å²) in [5.74, 6) is -18.6. The normalized spacial score (nSPS) is 24.1. The molecule has 1 unspecified atom stereocenters. The number of aromatic amines is 3. The number of rotatable bonds is 25. The lowest BCUT2D eigenvalue weighted by Crippen LogP contribution is -2.61. The topological polar surface area (TPSA) is 631 Å². The Labute approximate surface area is 761 Å². The molecule has 43 heteroatoms. The number of aromatic hydroxyl groups is 1. The molecule has 710 valence electrons. The smallest absolute Gasteiger partial charge is 0.246 e. The maximum atomic E-state index is 15.7. The molecule has 0 aliphatic carbocycles. The van der Waals surface area contributed by atoms with Crippen LogP contribution < -0.4 is 75.7 Å². The van der Waals surface area contributed by atoms with E-state index in [0.29, 0.717) is 64.2 Å². The third kappa shape index (κ3) is 29.5. The fraction of sp³-hybridized carbons (Fsp3) is 0.511. The first-order valence-electron chi connectivity index (χ1n) is 43.6. The first kappa shape index (κ1) is 103. The van der Waals surface area contributed by atoms with E-state index in [4.69, 9.17) is 17.2 Å². The molecule has 0 bridgehead atoms. The summed E-state index contributed by atoms with van der Waals surface area (Å²) < 4.78 is 0. The summed E-state index contributed by atoms with van der Waals surface area (Å²) in [5, 5.41) is 51.1. The van der Waals surface area contributed by atoms with Crippen molar-refractivity contribution >= 4 is 140 Å². The maximum Gasteiger partial charge on any atom is 0.246 e. The number of thioether (sulfide) groups is 1. The third-order valence-electron chi connectivity index (χ3n) is 22.9. The van der Waals surface area contributed by atoms with Crippen LogP contribution in [0, 0.1) is 5.92 Å². The van der Waals surface area contributed by atoms with Crippen LogP contribution in [-0.2, 0) is 112 Å². The number of primary amides is 3. The number of likely N-dealkylation sites (N-methyl/N-ethyl adjacent to an activating group) is 3. The van der Waals surface area contributed by atoms with Gasteiger partial charge < -0.3 is 120 Å². The Morgan fingerprint density at radius 1 is 0.527 bits per heavy atom. The fourth-order valence-corrected chi connectivity index (χ4v) is 16.3. The van der Waals surface area contributed by atoms with E-state index in [1.54, 1.807) is 74.8 Å². The molecule has 22 N–H and O–H groups in total. The van der Waals surface area contributed by atoms with Crippen molar-refractivity contribution in [2.75, 3.05) is 52.3 Å². The van der Waals surface area contributed by atoms with Gasteiger partial charge in [-0.2, -0.15) is 0 Å². The molecule has 6 aromatic rings. The number of para-hydroxylation sites is 2. The van der Waals surface area contributed by atoms with Crippen molar-refractivity contribution in [2.24, 2.45) is 23.1 Å². The Morgan fingerprint density at radius 2 is 1.05 bits per heavy atom. The number of aliphatic hydroxyl groups excluding tert-OH is 1. The van der Waals surface area contributed by atoms with Crippen LogP contribution in [0.25, 0.3) is 21.8 Å². The quantitative estimate of drug-likeness (QED) is 0.0284. The molecular formula is C88H122N22O20S. The Morgan fingerprint density at radius 3 is 1.64 bits per heavy atom. The van der Waals surface area contributed by atoms with Gasteiger partial charge in [-0.3, -0.25) is 86.3 Å². The van der Waals surface area contributed by atoms with E-state index < -0.39 is 235 Å². The van der Waals surface area contributed by atoms with Gasteiger partial charge in [0, 0.05) is 112 Å². The second-order valence-corrected chi connectivity index (χ2v) is 34.4. The summed E-state index contributed by atoms with van der Waals surface area (Å²) in [7, 11) is 3.93. The summed E-state index contributed by atoms with van der Waals surface area (Å²) >= 11 is 0.788. The molecule has 3 aromatic carbocycles. The molecule has 2 aliphatic heterocycles. The van der Waals surface area contributed by atoms with Crippen LogP contribution in [0.15, 0.2) is 97.7 Å². The fourth-order valence-electron chi connectivity index (χ4n) is 15.5. The van der Waals surface area contributed by atoms with Crippen molar-refractivity contribution in [2.45, 2.75) is 229 Å². The number of carbonyl (C=O) groups is 18. The molecule has 131 heavy (non-hydrogen) atoms. The van der Waals surface area contributed by atoms with E-state index in [1.165, 1.54) is 76.7 Å². The number of aromatic nitrogens is 4. The molecule has 2 fully saturated rings. The number of nitrogens with one attached hydrogen (secondary N) is 14. The van der Waals surface area contributed by atoms with Crippen molar-refractivity contribution in [3.63, 3.8) is 0 Å². The van der Waals surface area contributed by atoms with Crippen LogP contribution in [0.2, 0.25) is 0 Å². The lowest BCUT2D eigenvalue weighted by atomic mass is 9.99. The predicted molar refractivity (Wildman–Crippen MR) is 481 cm³/mol. The third-order valence-corrected chi connectivity index (χ3v) is 24.0. The largest absolute Gasteiger partial charge is 0.508 e. The summed E-state index contributed by atoms with van der Waals surface area (Å²) in [6.45, 7) is 7.77. The molecule has 42 nitrogen and oxygen atoms in total. The number of H-pyrrole nitrogens is 3. The van der Waals surface area contributed by atoms with Gasteiger partial charge >= 0.3 is 0 Å². The number of benzene rings is 3. The minimum atomic E-state index is -1.88. The number of imidazole rings is 1. The molecule has 18 amide bonds. The van der Waals surface area contributed by atoms with E-state index in [9.17, 15) is 72.5 Å². The van der Waals surface area contributed by atoms with Crippen LogP contribution in [-0.4, -0.2) is 293 Å². The van der Waals surface area contributed by atoms with Gasteiger partial charge in [0.25, 0.3) is 0 Å². The SMILES string of the molecule is CCCC[C@H]1C(=O)N(C)[C@@H](CCCC)C(=O)N[C@@H](CC(C)C)C(=O)N[C@H](C(=O)NCC(N)=O)CSCC(=O)N[C@@H](Cc2ccc(O)cc2)C(=O)N(C)[C@@H](C)C(=O)N[C@@H](CC(N)=O)C(=O)N2CCCC2C(=O)N[C@@H](Cc2cnc[nH]2)C(=O)N[C@@H](CCC(N)=O)C(=O)N[C@H](C)C(=O)N[C@@H](Cc2c[nH]c3ccccc23)C(=O)N[C@@H](CO)C(=O)N[C@@H](Cc2c[nH]c3ccccc23)C(=O)N1C. The number of carbonyl (C=O) groups excluding carboxylic acids is 18. The van der Waals surface area contributed by atoms with Gasteiger partial charge in [0.2, 0.25) is 106 Å². The molecule has 0 saturated carbocycles. The average Bonchev–Trinajstić information content (AvgIpc) is 1.63. The predicted octanol–water partition coefficient (Wildman–Crippen LogP) is -2.38. The van der Waals surface area contributed by atoms with Crippen LogP contribution >= 0.6 is 11.8 Å². The standard InChI is InChI=1S/C88H122N22O20S/c1-10-12-23-68-83(125)101-60(33-47(3)4)79(121)106-67(77(119)95-42-73(91)115)44-131-45-74(116)98-63(34-50-26-28-54(112)29-27-50)85(127)107(7)49(6)76(118)103-65(38-72(90)114)87(129)110-32-18-25-69(110)84(126)102-62(37-53-41-92-46-96-53)81(123)99-59(30-31-71(89)113)78(120)97-48(5)75(117)100-61(35-51-39-93-57-21-16-14-19-55(51)57)80(122)105-66(43-111)82(124)104-64(36-52-40-94-58-22-17-15-20-56(52)58)86(128)109(9)70(24-13-11-2)88(130)108(68)8/h14-17,19-22,26-29,39-41,46-49,59-70,93-94,111-112H,10-13,18,23-25,30-38,42-45H2,1-9H3,(H2,89,113)(H2,90,114)(H2,91,115)(H,92,96)(H,95,119)(H,97,120)(H,98,116)(H,99,123)(H,100,117)(H,101,125)(H,102,126)(H,103,118)(H,104,124)(H,105,122)(H,106,121)/t48-,49+,59+,60+,61+,62+,63+,64+,65+,66+,67+,68+,69?,70+/m1/s1. The number of hydrogen-bond acceptors (Lipinski definition) is 22. The van der Waals surface area contributed by atoms with Gasteiger partial charge in [-0.15, -0.1) is 11.8 Å². The van der Waals surface area contributed by atoms with Gasteiger partial charge in [-0.1, -0.05) is 102 Å². The minimum absolute atomic E-state index is 0.0128. The van der Waals surface area contributed by atoms with Crippen molar-refractivity contribution < 1.29 is 96.5 Å². The second-order valence-electron chi connectivity index (χ2n) is 33.3. The Kier molecular flexibility index (Phi) is 38.8. The molecule has 14 atom stereocenters. The molecule has 2 saturated heterocycles. The lowest BCUT2D eigenvalue weighted by Gasteiger charge is -2.36. The van der Waals surface area contributed by atoms with Gasteiger partial charge in [-0.05, 0) is 99.2 Å². The van der Waals surface area contributed by atoms with Crippen LogP contribution in [0.1, 0.15) is 141 Å². The van der Waals surface area contributed by atoms with Crippen LogP contribution in [0.4, 0.5) is 0 Å². The highest BCUT2D eigenvalue weighted by molar-refractivity contribution is 8.00. The van der Waals surface area contributed by atoms with Gasteiger partial charge in [0.1, 0.15) is 90.3 Å². The van der Waals surface area contributed by atoms with E-state index in [1.807, 2.05) is 13.8 Å². The first-order chi connectivity index (χ1) is 62.3. The molecule has 5 heterocycles. The Balaban J connectivity index is 1.18. The number of nitrogens with zero attached hydrogens (tertiary/aromatic N) is 5. The minimum Gasteiger partial charge on any atom is -0.508 e.